The van der Waals surface area contributed by atoms with Crippen molar-refractivity contribution in [2.45, 2.75) is 63.8 Å². The lowest BCUT2D eigenvalue weighted by atomic mass is 9.93. The predicted octanol–water partition coefficient (Wildman–Crippen LogP) is 7.76. The molecule has 0 spiro atoms. The lowest BCUT2D eigenvalue weighted by molar-refractivity contribution is -0.137. The highest BCUT2D eigenvalue weighted by Gasteiger charge is 2.32. The summed E-state index contributed by atoms with van der Waals surface area (Å²) in [6.07, 6.45) is 1.16. The van der Waals surface area contributed by atoms with Gasteiger partial charge in [0.05, 0.1) is 28.4 Å². The van der Waals surface area contributed by atoms with Gasteiger partial charge in [0, 0.05) is 29.1 Å². The van der Waals surface area contributed by atoms with Crippen molar-refractivity contribution in [3.05, 3.63) is 95.1 Å². The predicted molar refractivity (Wildman–Crippen MR) is 179 cm³/mol. The van der Waals surface area contributed by atoms with Gasteiger partial charge in [-0.05, 0) is 94.7 Å². The first-order chi connectivity index (χ1) is 23.2. The summed E-state index contributed by atoms with van der Waals surface area (Å²) < 4.78 is 47.4. The van der Waals surface area contributed by atoms with Gasteiger partial charge in [0.15, 0.2) is 6.61 Å². The lowest BCUT2D eigenvalue weighted by Crippen LogP contribution is -2.46. The number of aromatic nitrogens is 1. The fourth-order valence-electron chi connectivity index (χ4n) is 7.03. The number of nitrogens with one attached hydrogen (secondary N) is 1. The monoisotopic (exact) mass is 655 g/mol. The molecule has 1 amide bonds. The number of likely N-dealkylation sites (tertiary alicyclic amines) is 2. The van der Waals surface area contributed by atoms with Crippen LogP contribution < -0.4 is 10.1 Å². The summed E-state index contributed by atoms with van der Waals surface area (Å²) in [5.74, 6) is 0.0405. The average molecular weight is 656 g/mol. The van der Waals surface area contributed by atoms with Crippen molar-refractivity contribution in [2.75, 3.05) is 32.8 Å². The third kappa shape index (κ3) is 7.64. The highest BCUT2D eigenvalue weighted by atomic mass is 19.4. The zero-order valence-electron chi connectivity index (χ0n) is 27.1. The number of hydrogen-bond donors (Lipinski definition) is 1. The second-order valence-electron chi connectivity index (χ2n) is 12.7. The number of benzene rings is 3. The van der Waals surface area contributed by atoms with Gasteiger partial charge in [0.25, 0.3) is 5.91 Å². The molecule has 1 aromatic heterocycles. The quantitative estimate of drug-likeness (QED) is 0.199. The van der Waals surface area contributed by atoms with Crippen LogP contribution in [0.4, 0.5) is 13.2 Å². The molecule has 2 saturated heterocycles. The summed E-state index contributed by atoms with van der Waals surface area (Å²) >= 11 is 0. The number of nitrogens with zero attached hydrogens (tertiary/aromatic N) is 4. The van der Waals surface area contributed by atoms with Crippen LogP contribution in [0.2, 0.25) is 0 Å². The molecular formula is C38H40F3N5O2. The number of rotatable bonds is 9. The van der Waals surface area contributed by atoms with Gasteiger partial charge in [-0.2, -0.15) is 18.4 Å². The molecule has 0 saturated carbocycles. The van der Waals surface area contributed by atoms with Crippen molar-refractivity contribution in [2.24, 2.45) is 0 Å². The molecule has 10 heteroatoms. The number of amides is 1. The van der Waals surface area contributed by atoms with Crippen LogP contribution in [0.3, 0.4) is 0 Å². The molecule has 1 N–H and O–H groups in total. The van der Waals surface area contributed by atoms with E-state index in [-0.39, 0.29) is 18.6 Å². The number of carbonyl (C=O) groups excluding carboxylic acids is 1. The zero-order chi connectivity index (χ0) is 33.7. The number of piperidine rings is 2. The van der Waals surface area contributed by atoms with E-state index in [9.17, 15) is 18.0 Å². The van der Waals surface area contributed by atoms with Gasteiger partial charge in [0.2, 0.25) is 0 Å². The second kappa shape index (κ2) is 14.8. The normalized spacial score (nSPS) is 17.1. The van der Waals surface area contributed by atoms with Gasteiger partial charge in [0.1, 0.15) is 11.8 Å². The number of alkyl halides is 3. The van der Waals surface area contributed by atoms with Crippen molar-refractivity contribution in [3.8, 4) is 23.1 Å². The molecule has 0 radical (unpaired) electrons. The maximum atomic E-state index is 14.5. The topological polar surface area (TPSA) is 81.5 Å². The van der Waals surface area contributed by atoms with E-state index in [1.165, 1.54) is 25.3 Å². The molecule has 4 aromatic rings. The molecule has 6 rings (SSSR count). The summed E-state index contributed by atoms with van der Waals surface area (Å²) in [6, 6.07) is 21.9. The molecule has 1 atom stereocenters. The van der Waals surface area contributed by atoms with Gasteiger partial charge in [-0.3, -0.25) is 9.69 Å². The molecule has 48 heavy (non-hydrogen) atoms. The van der Waals surface area contributed by atoms with E-state index >= 15 is 0 Å². The van der Waals surface area contributed by atoms with E-state index < -0.39 is 11.7 Å². The van der Waals surface area contributed by atoms with Crippen LogP contribution in [0.1, 0.15) is 72.1 Å². The molecule has 250 valence electrons. The Kier molecular flexibility index (Phi) is 10.3. The van der Waals surface area contributed by atoms with Crippen LogP contribution in [0, 0.1) is 11.3 Å². The van der Waals surface area contributed by atoms with Crippen LogP contribution in [0.5, 0.6) is 5.75 Å². The number of hydrogen-bond acceptors (Lipinski definition) is 6. The smallest absolute Gasteiger partial charge is 0.416 e. The first-order valence-corrected chi connectivity index (χ1v) is 16.7. The minimum atomic E-state index is -4.54. The third-order valence-electron chi connectivity index (χ3n) is 9.54. The van der Waals surface area contributed by atoms with Gasteiger partial charge >= 0.3 is 6.18 Å². The second-order valence-corrected chi connectivity index (χ2v) is 12.7. The third-order valence-corrected chi connectivity index (χ3v) is 9.54. The van der Waals surface area contributed by atoms with Gasteiger partial charge in [-0.1, -0.05) is 48.9 Å². The Labute approximate surface area is 279 Å². The maximum Gasteiger partial charge on any atom is 0.416 e. The van der Waals surface area contributed by atoms with E-state index in [2.05, 4.69) is 15.1 Å². The maximum absolute atomic E-state index is 14.5. The molecule has 0 unspecified atom stereocenters. The summed E-state index contributed by atoms with van der Waals surface area (Å²) in [4.78, 5) is 24.3. The molecular weight excluding hydrogens is 615 g/mol. The number of fused-ring (bicyclic) bond motifs is 1. The van der Waals surface area contributed by atoms with E-state index in [1.54, 1.807) is 24.3 Å². The van der Waals surface area contributed by atoms with E-state index in [0.29, 0.717) is 51.6 Å². The lowest BCUT2D eigenvalue weighted by Gasteiger charge is -2.40. The van der Waals surface area contributed by atoms with E-state index in [0.717, 1.165) is 56.7 Å². The first kappa shape index (κ1) is 33.4. The Bertz CT molecular complexity index is 1780. The first-order valence-electron chi connectivity index (χ1n) is 16.7. The summed E-state index contributed by atoms with van der Waals surface area (Å²) in [5.41, 5.74) is 2.12. The van der Waals surface area contributed by atoms with Gasteiger partial charge in [-0.15, -0.1) is 0 Å². The molecule has 3 heterocycles. The zero-order valence-corrected chi connectivity index (χ0v) is 27.1. The van der Waals surface area contributed by atoms with Gasteiger partial charge in [-0.25, -0.2) is 4.98 Å². The fourth-order valence-corrected chi connectivity index (χ4v) is 7.03. The molecule has 0 aliphatic carbocycles. The Morgan fingerprint density at radius 1 is 1.00 bits per heavy atom. The highest BCUT2D eigenvalue weighted by molar-refractivity contribution is 6.09. The summed E-state index contributed by atoms with van der Waals surface area (Å²) in [5, 5.41) is 12.8. The highest BCUT2D eigenvalue weighted by Crippen LogP contribution is 2.37. The van der Waals surface area contributed by atoms with Crippen LogP contribution in [-0.4, -0.2) is 59.5 Å². The number of ether oxygens (including phenoxy) is 1. The fraction of sp³-hybridized carbons (Fsp3) is 0.395. The van der Waals surface area contributed by atoms with Crippen molar-refractivity contribution in [3.63, 3.8) is 0 Å². The molecule has 7 nitrogen and oxygen atoms in total. The Hall–Kier alpha value is -4.46. The van der Waals surface area contributed by atoms with Crippen molar-refractivity contribution >= 4 is 16.8 Å². The van der Waals surface area contributed by atoms with E-state index in [4.69, 9.17) is 15.0 Å². The number of carbonyl (C=O) groups is 1. The van der Waals surface area contributed by atoms with Crippen molar-refractivity contribution < 1.29 is 22.7 Å². The molecule has 0 bridgehead atoms. The minimum Gasteiger partial charge on any atom is -0.479 e. The molecule has 2 fully saturated rings. The van der Waals surface area contributed by atoms with Gasteiger partial charge < -0.3 is 15.0 Å². The number of nitriles is 1. The van der Waals surface area contributed by atoms with Crippen LogP contribution >= 0.6 is 0 Å². The minimum absolute atomic E-state index is 0.174. The summed E-state index contributed by atoms with van der Waals surface area (Å²) in [7, 11) is 0. The largest absolute Gasteiger partial charge is 0.479 e. The summed E-state index contributed by atoms with van der Waals surface area (Å²) in [6.45, 7) is 5.91. The Morgan fingerprint density at radius 2 is 1.75 bits per heavy atom. The number of pyridine rings is 1. The van der Waals surface area contributed by atoms with E-state index in [1.807, 2.05) is 43.3 Å². The average Bonchev–Trinajstić information content (AvgIpc) is 3.11. The Balaban J connectivity index is 1.46. The molecule has 2 aliphatic heterocycles. The SMILES string of the molecule is C[C@H](NC(=O)c1c(CN2CCC(N3CCCCC3)CC2)c(-c2cccc(C(F)(F)F)c2)nc2ccc(OCC#N)cc12)c1ccccc1. The molecule has 2 aliphatic rings. The van der Waals surface area contributed by atoms with Crippen molar-refractivity contribution in [1.29, 1.82) is 5.26 Å². The number of halogens is 3. The van der Waals surface area contributed by atoms with Crippen LogP contribution in [0.25, 0.3) is 22.2 Å². The van der Waals surface area contributed by atoms with Crippen LogP contribution in [0.15, 0.2) is 72.8 Å². The van der Waals surface area contributed by atoms with Crippen molar-refractivity contribution in [1.82, 2.24) is 20.1 Å². The Morgan fingerprint density at radius 3 is 2.46 bits per heavy atom. The standard InChI is InChI=1S/C38H40F3N5O2/c1-26(27-9-4-2-5-10-27)43-37(47)35-32-24-31(48-22-17-42)13-14-34(32)44-36(28-11-8-12-29(23-28)38(39,40)41)33(35)25-45-20-15-30(16-21-45)46-18-6-3-7-19-46/h2,4-5,8-14,23-24,26,30H,3,6-7,15-16,18-22,25H2,1H3,(H,43,47)/t26-/m0/s1. The molecule has 3 aromatic carbocycles. The van der Waals surface area contributed by atoms with Crippen LogP contribution in [-0.2, 0) is 12.7 Å².